The van der Waals surface area contributed by atoms with Crippen molar-refractivity contribution in [2.45, 2.75) is 61.4 Å². The van der Waals surface area contributed by atoms with Gasteiger partial charge in [0.2, 0.25) is 0 Å². The average molecular weight is 430 g/mol. The Morgan fingerprint density at radius 3 is 2.91 bits per heavy atom. The van der Waals surface area contributed by atoms with Gasteiger partial charge in [-0.1, -0.05) is 12.5 Å². The molecule has 5 nitrogen and oxygen atoms in total. The van der Waals surface area contributed by atoms with Crippen LogP contribution in [-0.4, -0.2) is 39.2 Å². The zero-order chi connectivity index (χ0) is 16.0. The fourth-order valence-electron chi connectivity index (χ4n) is 5.95. The first-order valence-corrected chi connectivity index (χ1v) is 9.12. The highest BCUT2D eigenvalue weighted by atomic mass is 127. The second-order valence-corrected chi connectivity index (χ2v) is 7.89. The van der Waals surface area contributed by atoms with Crippen LogP contribution in [0.1, 0.15) is 36.8 Å². The van der Waals surface area contributed by atoms with Crippen LogP contribution in [0.5, 0.6) is 11.5 Å². The van der Waals surface area contributed by atoms with Crippen LogP contribution in [0.15, 0.2) is 12.1 Å². The number of rotatable bonds is 1. The van der Waals surface area contributed by atoms with Crippen LogP contribution in [0.4, 0.5) is 0 Å². The molecule has 1 spiro atoms. The third-order valence-electron chi connectivity index (χ3n) is 6.72. The second kappa shape index (κ2) is 4.53. The molecule has 1 aromatic rings. The summed E-state index contributed by atoms with van der Waals surface area (Å²) in [5.74, 6) is 1.28. The Bertz CT molecular complexity index is 694. The summed E-state index contributed by atoms with van der Waals surface area (Å²) < 4.78 is 11.6. The molecule has 5 unspecified atom stereocenters. The van der Waals surface area contributed by atoms with Crippen molar-refractivity contribution < 1.29 is 23.1 Å². The van der Waals surface area contributed by atoms with Gasteiger partial charge >= 0.3 is 0 Å². The van der Waals surface area contributed by atoms with E-state index in [1.54, 1.807) is 0 Å². The van der Waals surface area contributed by atoms with Crippen molar-refractivity contribution in [2.24, 2.45) is 5.92 Å². The van der Waals surface area contributed by atoms with Crippen molar-refractivity contribution in [3.63, 3.8) is 0 Å². The standard InChI is InChI=1S/C17H19IO5/c18-23-11-4-3-8-6-9-2-1-5-16-13(8)14(11)22-15(16)10(19)7-12(20)17(9,16)21/h3-4,9-10,12,15,19-21H,1-2,5-7H2/t9-,10?,12?,15?,16?,17?/m1/s1. The van der Waals surface area contributed by atoms with E-state index in [2.05, 4.69) is 0 Å². The van der Waals surface area contributed by atoms with E-state index in [0.29, 0.717) is 11.5 Å². The molecule has 3 N–H and O–H groups in total. The van der Waals surface area contributed by atoms with E-state index in [4.69, 9.17) is 7.80 Å². The minimum Gasteiger partial charge on any atom is -0.482 e. The number of halogens is 1. The first-order valence-electron chi connectivity index (χ1n) is 8.24. The second-order valence-electron chi connectivity index (χ2n) is 7.45. The SMILES string of the molecule is OC1CC(O)C2(O)[C@@H]3CCCC24c2c(ccc(OI)c2OC14)C3. The summed E-state index contributed by atoms with van der Waals surface area (Å²) >= 11 is 1.83. The van der Waals surface area contributed by atoms with Crippen molar-refractivity contribution in [3.8, 4) is 11.5 Å². The summed E-state index contributed by atoms with van der Waals surface area (Å²) in [6, 6.07) is 3.95. The molecule has 0 aromatic heterocycles. The van der Waals surface area contributed by atoms with Crippen molar-refractivity contribution in [3.05, 3.63) is 23.3 Å². The van der Waals surface area contributed by atoms with E-state index in [-0.39, 0.29) is 12.3 Å². The van der Waals surface area contributed by atoms with Crippen LogP contribution >= 0.6 is 23.0 Å². The zero-order valence-electron chi connectivity index (χ0n) is 12.5. The predicted octanol–water partition coefficient (Wildman–Crippen LogP) is 1.63. The monoisotopic (exact) mass is 430 g/mol. The predicted molar refractivity (Wildman–Crippen MR) is 89.8 cm³/mol. The number of hydrogen-bond acceptors (Lipinski definition) is 5. The largest absolute Gasteiger partial charge is 0.482 e. The van der Waals surface area contributed by atoms with Gasteiger partial charge in [0.15, 0.2) is 34.5 Å². The molecule has 124 valence electrons. The molecule has 0 saturated heterocycles. The van der Waals surface area contributed by atoms with E-state index in [1.165, 1.54) is 0 Å². The Morgan fingerprint density at radius 2 is 2.13 bits per heavy atom. The lowest BCUT2D eigenvalue weighted by Gasteiger charge is -2.62. The Balaban J connectivity index is 1.86. The fourth-order valence-corrected chi connectivity index (χ4v) is 6.30. The van der Waals surface area contributed by atoms with Crippen LogP contribution < -0.4 is 7.80 Å². The number of aliphatic hydroxyl groups is 3. The first-order chi connectivity index (χ1) is 11.0. The molecule has 4 aliphatic rings. The maximum absolute atomic E-state index is 11.7. The molecular formula is C17H19IO5. The van der Waals surface area contributed by atoms with Crippen molar-refractivity contribution >= 4 is 23.0 Å². The van der Waals surface area contributed by atoms with Crippen LogP contribution in [0.25, 0.3) is 0 Å². The molecule has 6 heteroatoms. The maximum Gasteiger partial charge on any atom is 0.192 e. The molecule has 1 aromatic carbocycles. The number of aliphatic hydroxyl groups excluding tert-OH is 2. The summed E-state index contributed by atoms with van der Waals surface area (Å²) in [7, 11) is 0. The highest BCUT2D eigenvalue weighted by Crippen LogP contribution is 2.67. The van der Waals surface area contributed by atoms with E-state index >= 15 is 0 Å². The average Bonchev–Trinajstić information content (AvgIpc) is 2.86. The van der Waals surface area contributed by atoms with E-state index in [9.17, 15) is 15.3 Å². The summed E-state index contributed by atoms with van der Waals surface area (Å²) in [6.45, 7) is 0. The van der Waals surface area contributed by atoms with E-state index in [0.717, 1.165) is 36.8 Å². The van der Waals surface area contributed by atoms with Gasteiger partial charge in [-0.25, -0.2) is 0 Å². The van der Waals surface area contributed by atoms with Crippen LogP contribution in [0.2, 0.25) is 0 Å². The smallest absolute Gasteiger partial charge is 0.192 e. The Morgan fingerprint density at radius 1 is 1.30 bits per heavy atom. The van der Waals surface area contributed by atoms with Crippen molar-refractivity contribution in [2.75, 3.05) is 0 Å². The topological polar surface area (TPSA) is 79.2 Å². The minimum absolute atomic E-state index is 0.00895. The Labute approximate surface area is 148 Å². The molecule has 6 atom stereocenters. The molecule has 1 heterocycles. The Hall–Kier alpha value is -0.570. The van der Waals surface area contributed by atoms with Crippen LogP contribution in [0.3, 0.4) is 0 Å². The summed E-state index contributed by atoms with van der Waals surface area (Å²) in [5, 5.41) is 33.0. The summed E-state index contributed by atoms with van der Waals surface area (Å²) in [4.78, 5) is 0. The Kier molecular flexibility index (Phi) is 2.91. The van der Waals surface area contributed by atoms with Gasteiger partial charge in [-0.15, -0.1) is 0 Å². The van der Waals surface area contributed by atoms with Crippen LogP contribution in [-0.2, 0) is 11.8 Å². The lowest BCUT2D eigenvalue weighted by molar-refractivity contribution is -0.246. The molecule has 2 fully saturated rings. The van der Waals surface area contributed by atoms with Crippen LogP contribution in [0, 0.1) is 5.92 Å². The fraction of sp³-hybridized carbons (Fsp3) is 0.647. The molecule has 5 rings (SSSR count). The van der Waals surface area contributed by atoms with Crippen molar-refractivity contribution in [1.29, 1.82) is 0 Å². The van der Waals surface area contributed by atoms with Gasteiger partial charge in [0.25, 0.3) is 0 Å². The number of benzene rings is 1. The summed E-state index contributed by atoms with van der Waals surface area (Å²) in [5.41, 5.74) is 0.182. The lowest BCUT2D eigenvalue weighted by atomic mass is 9.44. The maximum atomic E-state index is 11.7. The normalized spacial score (nSPS) is 46.1. The third-order valence-corrected chi connectivity index (χ3v) is 7.19. The molecule has 3 aliphatic carbocycles. The first kappa shape index (κ1) is 14.7. The molecule has 23 heavy (non-hydrogen) atoms. The highest BCUT2D eigenvalue weighted by molar-refractivity contribution is 14.1. The molecule has 1 aliphatic heterocycles. The van der Waals surface area contributed by atoms with Gasteiger partial charge in [0, 0.05) is 12.0 Å². The number of ether oxygens (including phenoxy) is 1. The van der Waals surface area contributed by atoms with Gasteiger partial charge in [-0.3, -0.25) is 0 Å². The lowest BCUT2D eigenvalue weighted by Crippen LogP contribution is -2.75. The molecule has 0 radical (unpaired) electrons. The van der Waals surface area contributed by atoms with Gasteiger partial charge in [0.1, 0.15) is 11.7 Å². The van der Waals surface area contributed by atoms with E-state index in [1.807, 2.05) is 35.1 Å². The third kappa shape index (κ3) is 1.46. The molecule has 0 amide bonds. The van der Waals surface area contributed by atoms with Gasteiger partial charge in [0.05, 0.1) is 17.6 Å². The molecule has 2 saturated carbocycles. The van der Waals surface area contributed by atoms with Gasteiger partial charge < -0.3 is 23.1 Å². The van der Waals surface area contributed by atoms with Gasteiger partial charge in [-0.05, 0) is 36.8 Å². The molecule has 2 bridgehead atoms. The quantitative estimate of drug-likeness (QED) is 0.591. The van der Waals surface area contributed by atoms with Crippen molar-refractivity contribution in [1.82, 2.24) is 0 Å². The minimum atomic E-state index is -1.22. The zero-order valence-corrected chi connectivity index (χ0v) is 14.7. The highest BCUT2D eigenvalue weighted by Gasteiger charge is 2.74. The summed E-state index contributed by atoms with van der Waals surface area (Å²) in [6.07, 6.45) is 1.27. The van der Waals surface area contributed by atoms with E-state index < -0.39 is 29.3 Å². The number of hydrogen-bond donors (Lipinski definition) is 3. The van der Waals surface area contributed by atoms with Gasteiger partial charge in [-0.2, -0.15) is 0 Å². The molecular weight excluding hydrogens is 411 g/mol.